The summed E-state index contributed by atoms with van der Waals surface area (Å²) in [7, 11) is 1.47. The van der Waals surface area contributed by atoms with Crippen LogP contribution in [0, 0.1) is 5.82 Å². The van der Waals surface area contributed by atoms with E-state index in [0.29, 0.717) is 34.9 Å². The first kappa shape index (κ1) is 20.3. The molecule has 1 saturated heterocycles. The maximum atomic E-state index is 14.6. The highest BCUT2D eigenvalue weighted by Gasteiger charge is 2.30. The Kier molecular flexibility index (Phi) is 4.74. The Balaban J connectivity index is 1.69. The van der Waals surface area contributed by atoms with E-state index >= 15 is 0 Å². The maximum absolute atomic E-state index is 14.6. The average Bonchev–Trinajstić information content (AvgIpc) is 3.52. The second-order valence-corrected chi connectivity index (χ2v) is 8.68. The number of fused-ring (bicyclic) bond motifs is 2. The number of carbonyl (C=O) groups is 1. The number of nitrogens with zero attached hydrogens (tertiary/aromatic N) is 4. The molecule has 0 spiro atoms. The topological polar surface area (TPSA) is 106 Å². The highest BCUT2D eigenvalue weighted by molar-refractivity contribution is 7.22. The first-order valence-corrected chi connectivity index (χ1v) is 10.8. The molecule has 1 atom stereocenters. The molecular formula is C22H20FN5O3S. The van der Waals surface area contributed by atoms with Gasteiger partial charge in [-0.15, -0.1) is 11.3 Å². The van der Waals surface area contributed by atoms with Gasteiger partial charge in [0.25, 0.3) is 0 Å². The SMILES string of the molecule is C=CC(=O)N1CC[C@H](c2cc(-c3cc4c(F)c(O)cc(OC)c4s3)c3c(N)ncnn23)C1. The number of hydrogen-bond donors (Lipinski definition) is 2. The minimum absolute atomic E-state index is 0.0548. The third-order valence-electron chi connectivity index (χ3n) is 5.87. The molecule has 0 bridgehead atoms. The van der Waals surface area contributed by atoms with Crippen molar-refractivity contribution in [3.05, 3.63) is 48.7 Å². The number of phenolic OH excluding ortho intramolecular Hbond substituents is 1. The van der Waals surface area contributed by atoms with Gasteiger partial charge in [0.1, 0.15) is 17.6 Å². The van der Waals surface area contributed by atoms with Crippen LogP contribution in [0.15, 0.2) is 37.2 Å². The molecule has 8 nitrogen and oxygen atoms in total. The van der Waals surface area contributed by atoms with Crippen LogP contribution in [0.3, 0.4) is 0 Å². The van der Waals surface area contributed by atoms with Crippen LogP contribution in [-0.4, -0.2) is 50.7 Å². The Morgan fingerprint density at radius 1 is 1.44 bits per heavy atom. The Morgan fingerprint density at radius 2 is 2.25 bits per heavy atom. The predicted molar refractivity (Wildman–Crippen MR) is 121 cm³/mol. The molecule has 0 radical (unpaired) electrons. The van der Waals surface area contributed by atoms with E-state index in [2.05, 4.69) is 16.7 Å². The summed E-state index contributed by atoms with van der Waals surface area (Å²) in [5.74, 6) is -0.537. The molecule has 0 aliphatic carbocycles. The van der Waals surface area contributed by atoms with Crippen LogP contribution in [0.1, 0.15) is 18.0 Å². The van der Waals surface area contributed by atoms with Gasteiger partial charge in [-0.25, -0.2) is 13.9 Å². The summed E-state index contributed by atoms with van der Waals surface area (Å²) in [5.41, 5.74) is 8.50. The van der Waals surface area contributed by atoms with Gasteiger partial charge < -0.3 is 20.5 Å². The van der Waals surface area contributed by atoms with Crippen molar-refractivity contribution in [2.75, 3.05) is 25.9 Å². The molecule has 164 valence electrons. The summed E-state index contributed by atoms with van der Waals surface area (Å²) in [5, 5.41) is 14.6. The molecule has 1 fully saturated rings. The van der Waals surface area contributed by atoms with Crippen molar-refractivity contribution in [3.8, 4) is 21.9 Å². The van der Waals surface area contributed by atoms with E-state index in [4.69, 9.17) is 10.5 Å². The first-order chi connectivity index (χ1) is 15.4. The number of benzene rings is 1. The molecule has 1 aliphatic heterocycles. The van der Waals surface area contributed by atoms with E-state index in [1.54, 1.807) is 15.5 Å². The number of aromatic hydroxyl groups is 1. The van der Waals surface area contributed by atoms with Crippen molar-refractivity contribution in [2.24, 2.45) is 0 Å². The molecule has 10 heteroatoms. The fourth-order valence-electron chi connectivity index (χ4n) is 4.31. The van der Waals surface area contributed by atoms with Crippen molar-refractivity contribution in [1.82, 2.24) is 19.5 Å². The molecule has 4 heterocycles. The van der Waals surface area contributed by atoms with Crippen molar-refractivity contribution in [3.63, 3.8) is 0 Å². The van der Waals surface area contributed by atoms with Crippen molar-refractivity contribution in [2.45, 2.75) is 12.3 Å². The van der Waals surface area contributed by atoms with Gasteiger partial charge >= 0.3 is 0 Å². The third kappa shape index (κ3) is 2.98. The Labute approximate surface area is 186 Å². The second-order valence-electron chi connectivity index (χ2n) is 7.63. The summed E-state index contributed by atoms with van der Waals surface area (Å²) in [6, 6.07) is 4.91. The molecule has 32 heavy (non-hydrogen) atoms. The van der Waals surface area contributed by atoms with E-state index in [1.165, 1.54) is 36.9 Å². The number of nitrogen functional groups attached to an aromatic ring is 1. The third-order valence-corrected chi connectivity index (χ3v) is 7.06. The predicted octanol–water partition coefficient (Wildman–Crippen LogP) is 3.55. The zero-order valence-electron chi connectivity index (χ0n) is 17.2. The van der Waals surface area contributed by atoms with E-state index in [0.717, 1.165) is 22.6 Å². The van der Waals surface area contributed by atoms with Crippen LogP contribution in [-0.2, 0) is 4.79 Å². The summed E-state index contributed by atoms with van der Waals surface area (Å²) >= 11 is 1.33. The summed E-state index contributed by atoms with van der Waals surface area (Å²) < 4.78 is 22.3. The lowest BCUT2D eigenvalue weighted by molar-refractivity contribution is -0.125. The quantitative estimate of drug-likeness (QED) is 0.458. The van der Waals surface area contributed by atoms with Crippen LogP contribution < -0.4 is 10.5 Å². The molecule has 5 rings (SSSR count). The number of methoxy groups -OCH3 is 1. The lowest BCUT2D eigenvalue weighted by atomic mass is 10.0. The number of aromatic nitrogens is 3. The zero-order valence-corrected chi connectivity index (χ0v) is 18.0. The van der Waals surface area contributed by atoms with Gasteiger partial charge in [-0.05, 0) is 24.6 Å². The van der Waals surface area contributed by atoms with Gasteiger partial charge in [0.15, 0.2) is 17.4 Å². The number of likely N-dealkylation sites (tertiary alicyclic amines) is 1. The van der Waals surface area contributed by atoms with Crippen LogP contribution in [0.4, 0.5) is 10.2 Å². The fourth-order valence-corrected chi connectivity index (χ4v) is 5.48. The van der Waals surface area contributed by atoms with Gasteiger partial charge in [-0.1, -0.05) is 6.58 Å². The minimum Gasteiger partial charge on any atom is -0.505 e. The molecule has 3 N–H and O–H groups in total. The summed E-state index contributed by atoms with van der Waals surface area (Å²) in [6.07, 6.45) is 3.49. The number of hydrogen-bond acceptors (Lipinski definition) is 7. The molecule has 1 aromatic carbocycles. The van der Waals surface area contributed by atoms with Crippen LogP contribution in [0.2, 0.25) is 0 Å². The molecule has 0 unspecified atom stereocenters. The van der Waals surface area contributed by atoms with E-state index < -0.39 is 11.6 Å². The standard InChI is InChI=1S/C22H20FN5O3S/c1-3-18(30)27-5-4-11(9-27)14-6-12(20-22(24)25-10-26-28(14)20)17-7-13-19(23)15(29)8-16(31-2)21(13)32-17/h3,6-8,10-11,29H,1,4-5,9H2,2H3,(H2,24,25,26)/t11-/m0/s1. The van der Waals surface area contributed by atoms with Crippen LogP contribution in [0.25, 0.3) is 26.0 Å². The molecule has 3 aromatic heterocycles. The average molecular weight is 453 g/mol. The first-order valence-electron chi connectivity index (χ1n) is 9.95. The summed E-state index contributed by atoms with van der Waals surface area (Å²) in [4.78, 5) is 18.7. The largest absolute Gasteiger partial charge is 0.505 e. The molecular weight excluding hydrogens is 433 g/mol. The van der Waals surface area contributed by atoms with Gasteiger partial charge in [-0.3, -0.25) is 4.79 Å². The highest BCUT2D eigenvalue weighted by atomic mass is 32.1. The van der Waals surface area contributed by atoms with E-state index in [-0.39, 0.29) is 17.2 Å². The monoisotopic (exact) mass is 453 g/mol. The van der Waals surface area contributed by atoms with Crippen LogP contribution >= 0.6 is 11.3 Å². The van der Waals surface area contributed by atoms with Gasteiger partial charge in [0.05, 0.1) is 11.8 Å². The highest BCUT2D eigenvalue weighted by Crippen LogP contribution is 2.45. The number of carbonyl (C=O) groups excluding carboxylic acids is 1. The van der Waals surface area contributed by atoms with Gasteiger partial charge in [0, 0.05) is 46.6 Å². The number of ether oxygens (including phenoxy) is 1. The Bertz CT molecular complexity index is 1400. The molecule has 4 aromatic rings. The Hall–Kier alpha value is -3.66. The van der Waals surface area contributed by atoms with Crippen LogP contribution in [0.5, 0.6) is 11.5 Å². The van der Waals surface area contributed by atoms with Crippen molar-refractivity contribution >= 4 is 38.7 Å². The number of rotatable bonds is 4. The maximum Gasteiger partial charge on any atom is 0.245 e. The van der Waals surface area contributed by atoms with Gasteiger partial charge in [0.2, 0.25) is 5.91 Å². The lowest BCUT2D eigenvalue weighted by Crippen LogP contribution is -2.26. The second kappa shape index (κ2) is 7.49. The van der Waals surface area contributed by atoms with E-state index in [1.807, 2.05) is 6.07 Å². The van der Waals surface area contributed by atoms with Crippen molar-refractivity contribution < 1.29 is 19.0 Å². The number of amides is 1. The minimum atomic E-state index is -0.703. The number of nitrogens with two attached hydrogens (primary N) is 1. The molecule has 1 amide bonds. The fraction of sp³-hybridized carbons (Fsp3) is 0.227. The number of halogens is 1. The number of anilines is 1. The zero-order chi connectivity index (χ0) is 22.6. The normalized spacial score (nSPS) is 16.2. The molecule has 1 aliphatic rings. The van der Waals surface area contributed by atoms with Crippen molar-refractivity contribution in [1.29, 1.82) is 0 Å². The number of phenols is 1. The smallest absolute Gasteiger partial charge is 0.245 e. The summed E-state index contributed by atoms with van der Waals surface area (Å²) in [6.45, 7) is 4.74. The Morgan fingerprint density at radius 3 is 3.00 bits per heavy atom. The molecule has 0 saturated carbocycles. The van der Waals surface area contributed by atoms with E-state index in [9.17, 15) is 14.3 Å². The number of thiophene rings is 1. The van der Waals surface area contributed by atoms with Gasteiger partial charge in [-0.2, -0.15) is 5.10 Å². The lowest BCUT2D eigenvalue weighted by Gasteiger charge is -2.14.